The summed E-state index contributed by atoms with van der Waals surface area (Å²) in [5.41, 5.74) is -0.374. The Balaban J connectivity index is 3.09. The van der Waals surface area contributed by atoms with Gasteiger partial charge >= 0.3 is 0 Å². The van der Waals surface area contributed by atoms with Crippen LogP contribution in [0.25, 0.3) is 0 Å². The topological polar surface area (TPSA) is 20.2 Å². The molecule has 0 spiro atoms. The summed E-state index contributed by atoms with van der Waals surface area (Å²) in [4.78, 5) is 0. The molecule has 0 bridgehead atoms. The van der Waals surface area contributed by atoms with E-state index in [2.05, 4.69) is 0 Å². The Morgan fingerprint density at radius 1 is 1.21 bits per heavy atom. The molecule has 0 heterocycles. The second-order valence-electron chi connectivity index (χ2n) is 2.77. The van der Waals surface area contributed by atoms with Gasteiger partial charge in [0.1, 0.15) is 5.82 Å². The molecule has 0 unspecified atom stereocenters. The fourth-order valence-electron chi connectivity index (χ4n) is 1.09. The van der Waals surface area contributed by atoms with Crippen molar-refractivity contribution in [1.29, 1.82) is 0 Å². The third-order valence-corrected chi connectivity index (χ3v) is 2.07. The van der Waals surface area contributed by atoms with E-state index >= 15 is 0 Å². The van der Waals surface area contributed by atoms with E-state index in [1.807, 2.05) is 0 Å². The third kappa shape index (κ3) is 2.19. The van der Waals surface area contributed by atoms with Gasteiger partial charge in [0, 0.05) is 12.2 Å². The molecule has 5 heteroatoms. The van der Waals surface area contributed by atoms with Crippen molar-refractivity contribution < 1.29 is 18.3 Å². The highest BCUT2D eigenvalue weighted by molar-refractivity contribution is 6.30. The number of aliphatic hydroxyl groups excluding tert-OH is 1. The molecule has 1 rings (SSSR count). The lowest BCUT2D eigenvalue weighted by Gasteiger charge is -2.05. The lowest BCUT2D eigenvalue weighted by molar-refractivity contribution is 0.287. The molecule has 0 saturated heterocycles. The van der Waals surface area contributed by atoms with Crippen molar-refractivity contribution in [3.63, 3.8) is 0 Å². The minimum atomic E-state index is -1.27. The number of aliphatic hydroxyl groups is 1. The Morgan fingerprint density at radius 2 is 1.86 bits per heavy atom. The summed E-state index contributed by atoms with van der Waals surface area (Å²) in [5.74, 6) is -3.41. The van der Waals surface area contributed by atoms with Gasteiger partial charge in [0.05, 0.1) is 5.02 Å². The zero-order valence-electron chi connectivity index (χ0n) is 7.16. The Morgan fingerprint density at radius 3 is 2.43 bits per heavy atom. The molecule has 0 aromatic heterocycles. The maximum atomic E-state index is 13.1. The molecule has 0 saturated carbocycles. The van der Waals surface area contributed by atoms with Crippen molar-refractivity contribution in [2.24, 2.45) is 0 Å². The van der Waals surface area contributed by atoms with Crippen LogP contribution in [0.4, 0.5) is 13.2 Å². The predicted molar refractivity (Wildman–Crippen MR) is 46.7 cm³/mol. The van der Waals surface area contributed by atoms with Crippen molar-refractivity contribution in [3.8, 4) is 0 Å². The van der Waals surface area contributed by atoms with Crippen LogP contribution in [0.15, 0.2) is 6.07 Å². The average molecular weight is 225 g/mol. The molecule has 0 atom stereocenters. The molecule has 1 aromatic rings. The summed E-state index contributed by atoms with van der Waals surface area (Å²) < 4.78 is 39.0. The number of halogens is 4. The van der Waals surface area contributed by atoms with E-state index in [1.165, 1.54) is 0 Å². The molecule has 0 radical (unpaired) electrons. The number of hydrogen-bond donors (Lipinski definition) is 1. The van der Waals surface area contributed by atoms with Gasteiger partial charge in [0.15, 0.2) is 11.6 Å². The monoisotopic (exact) mass is 224 g/mol. The van der Waals surface area contributed by atoms with E-state index in [-0.39, 0.29) is 25.0 Å². The summed E-state index contributed by atoms with van der Waals surface area (Å²) in [6.45, 7) is -0.205. The minimum Gasteiger partial charge on any atom is -0.396 e. The lowest BCUT2D eigenvalue weighted by Crippen LogP contribution is -2.01. The van der Waals surface area contributed by atoms with E-state index in [0.29, 0.717) is 0 Å². The van der Waals surface area contributed by atoms with Crippen LogP contribution in [0, 0.1) is 17.5 Å². The van der Waals surface area contributed by atoms with E-state index in [1.54, 1.807) is 0 Å². The van der Waals surface area contributed by atoms with Crippen LogP contribution < -0.4 is 0 Å². The van der Waals surface area contributed by atoms with Crippen molar-refractivity contribution in [1.82, 2.24) is 0 Å². The second-order valence-corrected chi connectivity index (χ2v) is 3.18. The Kier molecular flexibility index (Phi) is 3.77. The molecule has 78 valence electrons. The number of benzene rings is 1. The van der Waals surface area contributed by atoms with Crippen LogP contribution in [-0.4, -0.2) is 11.7 Å². The van der Waals surface area contributed by atoms with Gasteiger partial charge in [-0.3, -0.25) is 0 Å². The van der Waals surface area contributed by atoms with Gasteiger partial charge in [-0.15, -0.1) is 0 Å². The van der Waals surface area contributed by atoms with Crippen LogP contribution >= 0.6 is 11.6 Å². The summed E-state index contributed by atoms with van der Waals surface area (Å²) in [5, 5.41) is 7.89. The highest BCUT2D eigenvalue weighted by Gasteiger charge is 2.16. The maximum Gasteiger partial charge on any atom is 0.177 e. The average Bonchev–Trinajstić information content (AvgIpc) is 2.14. The van der Waals surface area contributed by atoms with E-state index in [0.717, 1.165) is 6.07 Å². The standard InChI is InChI=1S/C9H8ClF3O/c10-6-4-7(11)5(2-1-3-14)8(12)9(6)13/h4,14H,1-3H2. The van der Waals surface area contributed by atoms with Crippen molar-refractivity contribution in [2.75, 3.05) is 6.61 Å². The van der Waals surface area contributed by atoms with Crippen LogP contribution in [-0.2, 0) is 6.42 Å². The molecule has 14 heavy (non-hydrogen) atoms. The van der Waals surface area contributed by atoms with Crippen LogP contribution in [0.5, 0.6) is 0 Å². The summed E-state index contributed by atoms with van der Waals surface area (Å²) in [7, 11) is 0. The van der Waals surface area contributed by atoms with Gasteiger partial charge in [-0.05, 0) is 18.9 Å². The minimum absolute atomic E-state index is 0.0533. The molecule has 1 aromatic carbocycles. The smallest absolute Gasteiger partial charge is 0.177 e. The Hall–Kier alpha value is -0.740. The van der Waals surface area contributed by atoms with Crippen molar-refractivity contribution >= 4 is 11.6 Å². The molecule has 0 fully saturated rings. The number of rotatable bonds is 3. The summed E-state index contributed by atoms with van der Waals surface area (Å²) >= 11 is 5.22. The molecular formula is C9H8ClF3O. The van der Waals surface area contributed by atoms with E-state index in [9.17, 15) is 13.2 Å². The molecule has 0 amide bonds. The summed E-state index contributed by atoms with van der Waals surface area (Å²) in [6.07, 6.45) is 0.122. The van der Waals surface area contributed by atoms with Gasteiger partial charge in [0.2, 0.25) is 0 Å². The van der Waals surface area contributed by atoms with Crippen molar-refractivity contribution in [3.05, 3.63) is 34.1 Å². The zero-order chi connectivity index (χ0) is 10.7. The van der Waals surface area contributed by atoms with Gasteiger partial charge in [-0.25, -0.2) is 13.2 Å². The molecule has 1 N–H and O–H groups in total. The quantitative estimate of drug-likeness (QED) is 0.618. The van der Waals surface area contributed by atoms with Crippen molar-refractivity contribution in [2.45, 2.75) is 12.8 Å². The predicted octanol–water partition coefficient (Wildman–Crippen LogP) is 2.68. The lowest BCUT2D eigenvalue weighted by atomic mass is 10.1. The Labute approximate surface area is 84.1 Å². The molecule has 0 aliphatic heterocycles. The highest BCUT2D eigenvalue weighted by atomic mass is 35.5. The van der Waals surface area contributed by atoms with Crippen LogP contribution in [0.3, 0.4) is 0 Å². The first-order chi connectivity index (χ1) is 6.57. The van der Waals surface area contributed by atoms with E-state index < -0.39 is 22.5 Å². The molecule has 0 aliphatic carbocycles. The largest absolute Gasteiger partial charge is 0.396 e. The Bertz CT molecular complexity index is 341. The fourth-order valence-corrected chi connectivity index (χ4v) is 1.27. The first kappa shape index (κ1) is 11.3. The van der Waals surface area contributed by atoms with Gasteiger partial charge in [0.25, 0.3) is 0 Å². The molecule has 1 nitrogen and oxygen atoms in total. The first-order valence-electron chi connectivity index (χ1n) is 4.00. The fraction of sp³-hybridized carbons (Fsp3) is 0.333. The van der Waals surface area contributed by atoms with E-state index in [4.69, 9.17) is 16.7 Å². The van der Waals surface area contributed by atoms with Gasteiger partial charge < -0.3 is 5.11 Å². The highest BCUT2D eigenvalue weighted by Crippen LogP contribution is 2.24. The summed E-state index contributed by atoms with van der Waals surface area (Å²) in [6, 6.07) is 0.729. The second kappa shape index (κ2) is 4.66. The maximum absolute atomic E-state index is 13.1. The SMILES string of the molecule is OCCCc1c(F)cc(Cl)c(F)c1F. The number of hydrogen-bond acceptors (Lipinski definition) is 1. The molecule has 0 aliphatic rings. The zero-order valence-corrected chi connectivity index (χ0v) is 7.91. The van der Waals surface area contributed by atoms with Crippen LogP contribution in [0.2, 0.25) is 5.02 Å². The van der Waals surface area contributed by atoms with Gasteiger partial charge in [-0.1, -0.05) is 11.6 Å². The third-order valence-electron chi connectivity index (χ3n) is 1.79. The normalized spacial score (nSPS) is 10.6. The molecular weight excluding hydrogens is 217 g/mol. The van der Waals surface area contributed by atoms with Gasteiger partial charge in [-0.2, -0.15) is 0 Å². The first-order valence-corrected chi connectivity index (χ1v) is 4.38. The van der Waals surface area contributed by atoms with Crippen LogP contribution in [0.1, 0.15) is 12.0 Å².